The lowest BCUT2D eigenvalue weighted by molar-refractivity contribution is -0.0390. The molecule has 3 rings (SSSR count). The van der Waals surface area contributed by atoms with Gasteiger partial charge in [0.1, 0.15) is 5.82 Å². The number of aryl methyl sites for hydroxylation is 1. The maximum atomic E-state index is 5.97. The summed E-state index contributed by atoms with van der Waals surface area (Å²) < 4.78 is 13.3. The van der Waals surface area contributed by atoms with Crippen LogP contribution in [0.5, 0.6) is 0 Å². The van der Waals surface area contributed by atoms with Crippen molar-refractivity contribution in [2.75, 3.05) is 20.3 Å². The van der Waals surface area contributed by atoms with Gasteiger partial charge in [0.15, 0.2) is 11.8 Å². The highest BCUT2D eigenvalue weighted by atomic mass is 127. The van der Waals surface area contributed by atoms with Crippen LogP contribution in [0.3, 0.4) is 0 Å². The summed E-state index contributed by atoms with van der Waals surface area (Å²) in [5.74, 6) is 2.49. The molecule has 1 aliphatic rings. The van der Waals surface area contributed by atoms with Gasteiger partial charge in [-0.2, -0.15) is 0 Å². The van der Waals surface area contributed by atoms with E-state index >= 15 is 0 Å². The van der Waals surface area contributed by atoms with Gasteiger partial charge in [0, 0.05) is 33.9 Å². The van der Waals surface area contributed by atoms with Crippen LogP contribution < -0.4 is 10.6 Å². The molecule has 0 amide bonds. The van der Waals surface area contributed by atoms with Gasteiger partial charge in [-0.05, 0) is 30.9 Å². The molecule has 160 valence electrons. The molecule has 1 saturated heterocycles. The van der Waals surface area contributed by atoms with Crippen molar-refractivity contribution in [3.05, 3.63) is 47.0 Å². The van der Waals surface area contributed by atoms with Crippen LogP contribution in [0.15, 0.2) is 29.3 Å². The third-order valence-electron chi connectivity index (χ3n) is 4.96. The Morgan fingerprint density at radius 2 is 1.79 bits per heavy atom. The van der Waals surface area contributed by atoms with Gasteiger partial charge in [-0.25, -0.2) is 0 Å². The molecule has 1 fully saturated rings. The van der Waals surface area contributed by atoms with Crippen molar-refractivity contribution >= 4 is 29.9 Å². The number of nitrogens with one attached hydrogen (secondary N) is 2. The molecule has 0 aliphatic carbocycles. The summed E-state index contributed by atoms with van der Waals surface area (Å²) in [7, 11) is 3.71. The zero-order chi connectivity index (χ0) is 19.8. The zero-order valence-electron chi connectivity index (χ0n) is 17.4. The van der Waals surface area contributed by atoms with Crippen LogP contribution in [0.2, 0.25) is 0 Å². The van der Waals surface area contributed by atoms with E-state index in [4.69, 9.17) is 9.47 Å². The SMILES string of the molecule is CN=C(NCc1ccc(COC2CCOCC2)cc1)NCc1nnc(C)n1C.I. The number of guanidine groups is 1. The van der Waals surface area contributed by atoms with Gasteiger partial charge in [0.2, 0.25) is 0 Å². The largest absolute Gasteiger partial charge is 0.381 e. The second kappa shape index (κ2) is 12.1. The Labute approximate surface area is 189 Å². The van der Waals surface area contributed by atoms with Gasteiger partial charge < -0.3 is 24.7 Å². The smallest absolute Gasteiger partial charge is 0.191 e. The highest BCUT2D eigenvalue weighted by Crippen LogP contribution is 2.14. The van der Waals surface area contributed by atoms with Crippen molar-refractivity contribution in [1.29, 1.82) is 0 Å². The lowest BCUT2D eigenvalue weighted by atomic mass is 10.1. The number of aliphatic imine (C=N–C) groups is 1. The van der Waals surface area contributed by atoms with E-state index in [1.165, 1.54) is 11.1 Å². The molecule has 9 heteroatoms. The normalized spacial score (nSPS) is 15.1. The average Bonchev–Trinajstić information content (AvgIpc) is 3.06. The van der Waals surface area contributed by atoms with Crippen LogP contribution in [0, 0.1) is 6.92 Å². The first kappa shape index (κ1) is 23.6. The number of nitrogens with zero attached hydrogens (tertiary/aromatic N) is 4. The molecule has 0 spiro atoms. The van der Waals surface area contributed by atoms with E-state index < -0.39 is 0 Å². The van der Waals surface area contributed by atoms with E-state index in [0.717, 1.165) is 43.7 Å². The first-order valence-electron chi connectivity index (χ1n) is 9.72. The van der Waals surface area contributed by atoms with E-state index in [-0.39, 0.29) is 24.0 Å². The molecule has 0 atom stereocenters. The number of benzene rings is 1. The molecule has 8 nitrogen and oxygen atoms in total. The quantitative estimate of drug-likeness (QED) is 0.335. The van der Waals surface area contributed by atoms with Crippen LogP contribution >= 0.6 is 24.0 Å². The molecule has 0 bridgehead atoms. The summed E-state index contributed by atoms with van der Waals surface area (Å²) in [4.78, 5) is 4.26. The lowest BCUT2D eigenvalue weighted by Crippen LogP contribution is -2.36. The molecule has 2 N–H and O–H groups in total. The van der Waals surface area contributed by atoms with Crippen LogP contribution in [0.4, 0.5) is 0 Å². The fourth-order valence-corrected chi connectivity index (χ4v) is 2.98. The summed E-state index contributed by atoms with van der Waals surface area (Å²) in [6.07, 6.45) is 2.30. The van der Waals surface area contributed by atoms with Crippen LogP contribution in [0.25, 0.3) is 0 Å². The Bertz CT molecular complexity index is 772. The molecule has 1 aromatic carbocycles. The van der Waals surface area contributed by atoms with Crippen molar-refractivity contribution in [3.8, 4) is 0 Å². The molecular formula is C20H31IN6O2. The molecule has 1 aromatic heterocycles. The number of ether oxygens (including phenoxy) is 2. The summed E-state index contributed by atoms with van der Waals surface area (Å²) in [6.45, 7) is 5.46. The molecule has 1 aliphatic heterocycles. The maximum Gasteiger partial charge on any atom is 0.191 e. The van der Waals surface area contributed by atoms with Crippen molar-refractivity contribution in [2.24, 2.45) is 12.0 Å². The Morgan fingerprint density at radius 1 is 1.14 bits per heavy atom. The highest BCUT2D eigenvalue weighted by molar-refractivity contribution is 14.0. The highest BCUT2D eigenvalue weighted by Gasteiger charge is 2.14. The molecule has 2 heterocycles. The first-order chi connectivity index (χ1) is 13.7. The summed E-state index contributed by atoms with van der Waals surface area (Å²) in [6, 6.07) is 8.48. The second-order valence-corrected chi connectivity index (χ2v) is 6.94. The zero-order valence-corrected chi connectivity index (χ0v) is 19.7. The van der Waals surface area contributed by atoms with Crippen molar-refractivity contribution in [3.63, 3.8) is 0 Å². The minimum atomic E-state index is 0. The molecule has 0 radical (unpaired) electrons. The maximum absolute atomic E-state index is 5.97. The monoisotopic (exact) mass is 514 g/mol. The fourth-order valence-electron chi connectivity index (χ4n) is 2.98. The predicted molar refractivity (Wildman–Crippen MR) is 123 cm³/mol. The van der Waals surface area contributed by atoms with Gasteiger partial charge >= 0.3 is 0 Å². The molecular weight excluding hydrogens is 483 g/mol. The summed E-state index contributed by atoms with van der Waals surface area (Å²) in [5, 5.41) is 14.8. The van der Waals surface area contributed by atoms with Crippen molar-refractivity contribution < 1.29 is 9.47 Å². The van der Waals surface area contributed by atoms with Gasteiger partial charge in [0.05, 0.1) is 19.3 Å². The molecule has 29 heavy (non-hydrogen) atoms. The Kier molecular flexibility index (Phi) is 9.82. The summed E-state index contributed by atoms with van der Waals surface area (Å²) in [5.41, 5.74) is 2.38. The third kappa shape index (κ3) is 7.23. The third-order valence-corrected chi connectivity index (χ3v) is 4.96. The standard InChI is InChI=1S/C20H30N6O2.HI/c1-15-24-25-19(26(15)3)13-23-20(21-2)22-12-16-4-6-17(7-5-16)14-28-18-8-10-27-11-9-18;/h4-7,18H,8-14H2,1-3H3,(H2,21,22,23);1H. The topological polar surface area (TPSA) is 85.6 Å². The lowest BCUT2D eigenvalue weighted by Gasteiger charge is -2.22. The Balaban J connectivity index is 0.00000300. The first-order valence-corrected chi connectivity index (χ1v) is 9.72. The fraction of sp³-hybridized carbons (Fsp3) is 0.550. The number of aromatic nitrogens is 3. The minimum Gasteiger partial charge on any atom is -0.381 e. The van der Waals surface area contributed by atoms with E-state index in [9.17, 15) is 0 Å². The average molecular weight is 514 g/mol. The van der Waals surface area contributed by atoms with Crippen LogP contribution in [-0.4, -0.2) is 47.1 Å². The van der Waals surface area contributed by atoms with Gasteiger partial charge in [-0.1, -0.05) is 24.3 Å². The van der Waals surface area contributed by atoms with Gasteiger partial charge in [-0.3, -0.25) is 4.99 Å². The number of hydrogen-bond donors (Lipinski definition) is 2. The van der Waals surface area contributed by atoms with Crippen molar-refractivity contribution in [1.82, 2.24) is 25.4 Å². The second-order valence-electron chi connectivity index (χ2n) is 6.94. The minimum absolute atomic E-state index is 0. The Morgan fingerprint density at radius 3 is 2.41 bits per heavy atom. The Hall–Kier alpha value is -1.72. The number of hydrogen-bond acceptors (Lipinski definition) is 5. The van der Waals surface area contributed by atoms with Crippen LogP contribution in [-0.2, 0) is 36.2 Å². The van der Waals surface area contributed by atoms with Gasteiger partial charge in [0.25, 0.3) is 0 Å². The molecule has 0 saturated carbocycles. The number of rotatable bonds is 7. The van der Waals surface area contributed by atoms with E-state index in [1.807, 2.05) is 18.5 Å². The summed E-state index contributed by atoms with van der Waals surface area (Å²) >= 11 is 0. The van der Waals surface area contributed by atoms with E-state index in [1.54, 1.807) is 7.05 Å². The van der Waals surface area contributed by atoms with Crippen molar-refractivity contribution in [2.45, 2.75) is 45.6 Å². The number of halogens is 1. The molecule has 0 unspecified atom stereocenters. The van der Waals surface area contributed by atoms with E-state index in [0.29, 0.717) is 25.8 Å². The molecule has 2 aromatic rings. The predicted octanol–water partition coefficient (Wildman–Crippen LogP) is 2.30. The van der Waals surface area contributed by atoms with Gasteiger partial charge in [-0.15, -0.1) is 34.2 Å². The van der Waals surface area contributed by atoms with Crippen LogP contribution in [0.1, 0.15) is 35.6 Å². The van der Waals surface area contributed by atoms with E-state index in [2.05, 4.69) is 50.1 Å².